The van der Waals surface area contributed by atoms with Gasteiger partial charge in [0.05, 0.1) is 13.2 Å². The Balaban J connectivity index is 2.28. The Bertz CT molecular complexity index is 758. The van der Waals surface area contributed by atoms with E-state index in [2.05, 4.69) is 0 Å². The van der Waals surface area contributed by atoms with Gasteiger partial charge in [-0.3, -0.25) is 9.59 Å². The summed E-state index contributed by atoms with van der Waals surface area (Å²) in [6, 6.07) is 14.1. The first kappa shape index (κ1) is 19.3. The lowest BCUT2D eigenvalue weighted by Gasteiger charge is -2.22. The lowest BCUT2D eigenvalue weighted by atomic mass is 10.1. The Labute approximate surface area is 153 Å². The first-order valence-corrected chi connectivity index (χ1v) is 8.30. The summed E-state index contributed by atoms with van der Waals surface area (Å²) in [5.74, 6) is -0.488. The summed E-state index contributed by atoms with van der Waals surface area (Å²) in [5, 5.41) is 9.16. The molecule has 6 nitrogen and oxygen atoms in total. The summed E-state index contributed by atoms with van der Waals surface area (Å²) in [5.41, 5.74) is 1.20. The van der Waals surface area contributed by atoms with E-state index in [4.69, 9.17) is 14.6 Å². The van der Waals surface area contributed by atoms with E-state index in [-0.39, 0.29) is 25.1 Å². The lowest BCUT2D eigenvalue weighted by Crippen LogP contribution is -2.35. The minimum absolute atomic E-state index is 0.0351. The van der Waals surface area contributed by atoms with Crippen molar-refractivity contribution in [2.75, 3.05) is 13.7 Å². The third-order valence-corrected chi connectivity index (χ3v) is 3.60. The maximum absolute atomic E-state index is 12.9. The van der Waals surface area contributed by atoms with Gasteiger partial charge in [-0.15, -0.1) is 0 Å². The van der Waals surface area contributed by atoms with E-state index >= 15 is 0 Å². The van der Waals surface area contributed by atoms with Crippen molar-refractivity contribution < 1.29 is 24.2 Å². The molecule has 0 spiro atoms. The number of hydrogen-bond acceptors (Lipinski definition) is 4. The largest absolute Gasteiger partial charge is 0.493 e. The van der Waals surface area contributed by atoms with E-state index in [0.29, 0.717) is 17.1 Å². The van der Waals surface area contributed by atoms with Gasteiger partial charge in [0.25, 0.3) is 5.91 Å². The van der Waals surface area contributed by atoms with Crippen molar-refractivity contribution in [3.63, 3.8) is 0 Å². The molecule has 0 bridgehead atoms. The van der Waals surface area contributed by atoms with Crippen molar-refractivity contribution >= 4 is 11.9 Å². The number of methoxy groups -OCH3 is 1. The summed E-state index contributed by atoms with van der Waals surface area (Å²) < 4.78 is 11.0. The molecule has 0 aliphatic carbocycles. The molecule has 138 valence electrons. The molecule has 26 heavy (non-hydrogen) atoms. The van der Waals surface area contributed by atoms with E-state index in [9.17, 15) is 9.59 Å². The van der Waals surface area contributed by atoms with Crippen LogP contribution in [-0.4, -0.2) is 41.6 Å². The molecule has 1 N–H and O–H groups in total. The highest BCUT2D eigenvalue weighted by Crippen LogP contribution is 2.29. The van der Waals surface area contributed by atoms with E-state index < -0.39 is 5.97 Å². The van der Waals surface area contributed by atoms with Gasteiger partial charge in [-0.25, -0.2) is 0 Å². The molecule has 2 aromatic rings. The van der Waals surface area contributed by atoms with Crippen molar-refractivity contribution in [2.45, 2.75) is 26.5 Å². The molecule has 0 saturated carbocycles. The second-order valence-electron chi connectivity index (χ2n) is 6.07. The normalized spacial score (nSPS) is 10.5. The Morgan fingerprint density at radius 3 is 2.35 bits per heavy atom. The molecule has 0 atom stereocenters. The van der Waals surface area contributed by atoms with Gasteiger partial charge >= 0.3 is 5.97 Å². The standard InChI is InChI=1S/C20H23NO5/c1-14(2)26-17-10-9-16(11-18(17)25-3)20(24)21(13-19(22)23)12-15-7-5-4-6-8-15/h4-11,14H,12-13H2,1-3H3,(H,22,23). The van der Waals surface area contributed by atoms with Crippen LogP contribution in [0.1, 0.15) is 29.8 Å². The number of ether oxygens (including phenoxy) is 2. The van der Waals surface area contributed by atoms with Gasteiger partial charge < -0.3 is 19.5 Å². The van der Waals surface area contributed by atoms with Crippen LogP contribution in [0.2, 0.25) is 0 Å². The van der Waals surface area contributed by atoms with Gasteiger partial charge in [0.15, 0.2) is 11.5 Å². The average molecular weight is 357 g/mol. The van der Waals surface area contributed by atoms with Crippen molar-refractivity contribution in [2.24, 2.45) is 0 Å². The van der Waals surface area contributed by atoms with Crippen LogP contribution in [0.15, 0.2) is 48.5 Å². The van der Waals surface area contributed by atoms with Crippen LogP contribution in [-0.2, 0) is 11.3 Å². The highest BCUT2D eigenvalue weighted by molar-refractivity contribution is 5.96. The molecule has 2 aromatic carbocycles. The minimum Gasteiger partial charge on any atom is -0.493 e. The molecule has 2 rings (SSSR count). The fraction of sp³-hybridized carbons (Fsp3) is 0.300. The first-order chi connectivity index (χ1) is 12.4. The van der Waals surface area contributed by atoms with Crippen LogP contribution in [0, 0.1) is 0 Å². The van der Waals surface area contributed by atoms with Gasteiger partial charge in [0.1, 0.15) is 6.54 Å². The fourth-order valence-corrected chi connectivity index (χ4v) is 2.50. The molecule has 0 saturated heterocycles. The maximum atomic E-state index is 12.9. The predicted molar refractivity (Wildman–Crippen MR) is 97.6 cm³/mol. The van der Waals surface area contributed by atoms with Crippen molar-refractivity contribution in [3.8, 4) is 11.5 Å². The molecule has 0 aliphatic heterocycles. The Morgan fingerprint density at radius 1 is 1.08 bits per heavy atom. The third-order valence-electron chi connectivity index (χ3n) is 3.60. The number of amides is 1. The summed E-state index contributed by atoms with van der Waals surface area (Å²) in [4.78, 5) is 25.3. The Hall–Kier alpha value is -3.02. The summed E-state index contributed by atoms with van der Waals surface area (Å²) in [6.07, 6.45) is -0.0351. The maximum Gasteiger partial charge on any atom is 0.323 e. The molecule has 0 unspecified atom stereocenters. The molecule has 0 radical (unpaired) electrons. The number of hydrogen-bond donors (Lipinski definition) is 1. The van der Waals surface area contributed by atoms with Crippen molar-refractivity contribution in [1.29, 1.82) is 0 Å². The Morgan fingerprint density at radius 2 is 1.77 bits per heavy atom. The SMILES string of the molecule is COc1cc(C(=O)N(CC(=O)O)Cc2ccccc2)ccc1OC(C)C. The van der Waals surface area contributed by atoms with Crippen LogP contribution in [0.25, 0.3) is 0 Å². The molecule has 0 heterocycles. The second kappa shape index (κ2) is 8.89. The van der Waals surface area contributed by atoms with Gasteiger partial charge in [0.2, 0.25) is 0 Å². The first-order valence-electron chi connectivity index (χ1n) is 8.30. The number of nitrogens with zero attached hydrogens (tertiary/aromatic N) is 1. The van der Waals surface area contributed by atoms with Gasteiger partial charge in [-0.05, 0) is 37.6 Å². The van der Waals surface area contributed by atoms with Gasteiger partial charge in [0, 0.05) is 12.1 Å². The Kier molecular flexibility index (Phi) is 6.60. The van der Waals surface area contributed by atoms with Crippen LogP contribution >= 0.6 is 0 Å². The number of carboxylic acid groups (broad SMARTS) is 1. The quantitative estimate of drug-likeness (QED) is 0.785. The van der Waals surface area contributed by atoms with Crippen LogP contribution < -0.4 is 9.47 Å². The highest BCUT2D eigenvalue weighted by Gasteiger charge is 2.20. The van der Waals surface area contributed by atoms with Crippen LogP contribution in [0.4, 0.5) is 0 Å². The third kappa shape index (κ3) is 5.24. The topological polar surface area (TPSA) is 76.1 Å². The van der Waals surface area contributed by atoms with E-state index in [0.717, 1.165) is 5.56 Å². The van der Waals surface area contributed by atoms with E-state index in [1.54, 1.807) is 18.2 Å². The zero-order valence-electron chi connectivity index (χ0n) is 15.1. The van der Waals surface area contributed by atoms with Crippen LogP contribution in [0.5, 0.6) is 11.5 Å². The number of carbonyl (C=O) groups is 2. The number of aliphatic carboxylic acids is 1. The average Bonchev–Trinajstić information content (AvgIpc) is 2.61. The smallest absolute Gasteiger partial charge is 0.323 e. The van der Waals surface area contributed by atoms with Crippen molar-refractivity contribution in [1.82, 2.24) is 4.90 Å². The summed E-state index contributed by atoms with van der Waals surface area (Å²) in [6.45, 7) is 3.61. The molecule has 1 amide bonds. The molecule has 0 aliphatic rings. The van der Waals surface area contributed by atoms with Crippen LogP contribution in [0.3, 0.4) is 0 Å². The monoisotopic (exact) mass is 357 g/mol. The fourth-order valence-electron chi connectivity index (χ4n) is 2.50. The van der Waals surface area contributed by atoms with Crippen molar-refractivity contribution in [3.05, 3.63) is 59.7 Å². The number of carbonyl (C=O) groups excluding carboxylic acids is 1. The predicted octanol–water partition coefficient (Wildman–Crippen LogP) is 3.21. The summed E-state index contributed by atoms with van der Waals surface area (Å²) >= 11 is 0. The molecule has 6 heteroatoms. The number of rotatable bonds is 8. The zero-order valence-corrected chi connectivity index (χ0v) is 15.1. The van der Waals surface area contributed by atoms with E-state index in [1.807, 2.05) is 44.2 Å². The zero-order chi connectivity index (χ0) is 19.1. The molecular weight excluding hydrogens is 334 g/mol. The molecule has 0 fully saturated rings. The van der Waals surface area contributed by atoms with E-state index in [1.165, 1.54) is 12.0 Å². The minimum atomic E-state index is -1.07. The summed E-state index contributed by atoms with van der Waals surface area (Å²) in [7, 11) is 1.50. The highest BCUT2D eigenvalue weighted by atomic mass is 16.5. The number of benzene rings is 2. The van der Waals surface area contributed by atoms with Gasteiger partial charge in [-0.2, -0.15) is 0 Å². The second-order valence-corrected chi connectivity index (χ2v) is 6.07. The van der Waals surface area contributed by atoms with Gasteiger partial charge in [-0.1, -0.05) is 30.3 Å². The number of carboxylic acids is 1. The lowest BCUT2D eigenvalue weighted by molar-refractivity contribution is -0.137. The molecule has 0 aromatic heterocycles. The molecular formula is C20H23NO5.